The third-order valence-corrected chi connectivity index (χ3v) is 1.82. The number of hydrogen-bond donors (Lipinski definition) is 0. The number of allylic oxidation sites excluding steroid dienone is 4. The van der Waals surface area contributed by atoms with Crippen molar-refractivity contribution in [3.8, 4) is 0 Å². The maximum atomic E-state index is 3.44. The molecule has 0 aliphatic heterocycles. The summed E-state index contributed by atoms with van der Waals surface area (Å²) in [4.78, 5) is 0. The molecule has 0 N–H and O–H groups in total. The van der Waals surface area contributed by atoms with Crippen molar-refractivity contribution in [2.24, 2.45) is 5.92 Å². The third kappa shape index (κ3) is 1.48. The lowest BCUT2D eigenvalue weighted by molar-refractivity contribution is 0.731. The second kappa shape index (κ2) is 2.49. The van der Waals surface area contributed by atoms with Crippen molar-refractivity contribution >= 4 is 15.9 Å². The van der Waals surface area contributed by atoms with Gasteiger partial charge >= 0.3 is 0 Å². The van der Waals surface area contributed by atoms with Crippen LogP contribution in [0.4, 0.5) is 0 Å². The molecule has 8 heavy (non-hydrogen) atoms. The number of rotatable bonds is 0. The Bertz CT molecular complexity index is 133. The van der Waals surface area contributed by atoms with Gasteiger partial charge in [-0.05, 0) is 16.8 Å². The monoisotopic (exact) mass is 172 g/mol. The van der Waals surface area contributed by atoms with E-state index in [4.69, 9.17) is 0 Å². The first kappa shape index (κ1) is 6.09. The molecule has 44 valence electrons. The second-order valence-corrected chi connectivity index (χ2v) is 3.20. The van der Waals surface area contributed by atoms with Crippen molar-refractivity contribution in [3.05, 3.63) is 22.7 Å². The van der Waals surface area contributed by atoms with E-state index in [-0.39, 0.29) is 0 Å². The second-order valence-electron chi connectivity index (χ2n) is 2.18. The molecule has 1 aliphatic carbocycles. The summed E-state index contributed by atoms with van der Waals surface area (Å²) in [7, 11) is 0. The van der Waals surface area contributed by atoms with E-state index < -0.39 is 0 Å². The Kier molecular flexibility index (Phi) is 1.90. The fourth-order valence-corrected chi connectivity index (χ4v) is 1.46. The summed E-state index contributed by atoms with van der Waals surface area (Å²) in [6, 6.07) is 0. The van der Waals surface area contributed by atoms with Crippen LogP contribution < -0.4 is 0 Å². The lowest BCUT2D eigenvalue weighted by Crippen LogP contribution is -1.91. The van der Waals surface area contributed by atoms with E-state index in [0.29, 0.717) is 0 Å². The molecule has 0 nitrogen and oxygen atoms in total. The van der Waals surface area contributed by atoms with Gasteiger partial charge in [0.1, 0.15) is 0 Å². The van der Waals surface area contributed by atoms with Crippen LogP contribution >= 0.6 is 15.9 Å². The lowest BCUT2D eigenvalue weighted by Gasteiger charge is -2.07. The molecule has 0 aromatic rings. The topological polar surface area (TPSA) is 0 Å². The van der Waals surface area contributed by atoms with Crippen LogP contribution in [0.25, 0.3) is 0 Å². The highest BCUT2D eigenvalue weighted by atomic mass is 79.9. The number of hydrogen-bond acceptors (Lipinski definition) is 0. The summed E-state index contributed by atoms with van der Waals surface area (Å²) in [5.74, 6) is 0.717. The van der Waals surface area contributed by atoms with E-state index in [1.165, 1.54) is 4.48 Å². The normalized spacial score (nSPS) is 27.8. The average molecular weight is 173 g/mol. The van der Waals surface area contributed by atoms with Crippen LogP contribution in [0, 0.1) is 5.92 Å². The average Bonchev–Trinajstić information content (AvgIpc) is 1.64. The molecule has 0 saturated heterocycles. The Labute approximate surface area is 58.4 Å². The Morgan fingerprint density at radius 2 is 2.50 bits per heavy atom. The Hall–Kier alpha value is -0.0400. The van der Waals surface area contributed by atoms with Crippen LogP contribution in [0.5, 0.6) is 0 Å². The zero-order valence-corrected chi connectivity index (χ0v) is 6.48. The van der Waals surface area contributed by atoms with Gasteiger partial charge in [-0.15, -0.1) is 0 Å². The first-order valence-corrected chi connectivity index (χ1v) is 3.61. The molecule has 0 saturated carbocycles. The van der Waals surface area contributed by atoms with Gasteiger partial charge in [-0.25, -0.2) is 0 Å². The molecule has 0 radical (unpaired) electrons. The number of halogens is 1. The van der Waals surface area contributed by atoms with Crippen LogP contribution in [-0.2, 0) is 0 Å². The highest BCUT2D eigenvalue weighted by Crippen LogP contribution is 2.21. The molecular weight excluding hydrogens is 164 g/mol. The predicted molar refractivity (Wildman–Crippen MR) is 39.9 cm³/mol. The molecule has 0 bridgehead atoms. The van der Waals surface area contributed by atoms with E-state index in [2.05, 4.69) is 41.1 Å². The SMILES string of the molecule is C[C@@H]1C=CC=C(Br)C1. The fraction of sp³-hybridized carbons (Fsp3) is 0.429. The van der Waals surface area contributed by atoms with E-state index in [1.807, 2.05) is 0 Å². The minimum Gasteiger partial charge on any atom is -0.0813 e. The van der Waals surface area contributed by atoms with Crippen LogP contribution in [0.1, 0.15) is 13.3 Å². The van der Waals surface area contributed by atoms with Crippen molar-refractivity contribution in [1.29, 1.82) is 0 Å². The fourth-order valence-electron chi connectivity index (χ4n) is 0.793. The third-order valence-electron chi connectivity index (χ3n) is 1.23. The maximum Gasteiger partial charge on any atom is -0.00437 e. The quantitative estimate of drug-likeness (QED) is 0.528. The first-order chi connectivity index (χ1) is 3.79. The van der Waals surface area contributed by atoms with Gasteiger partial charge in [0, 0.05) is 0 Å². The minimum absolute atomic E-state index is 0.717. The van der Waals surface area contributed by atoms with Gasteiger partial charge in [-0.1, -0.05) is 41.1 Å². The molecular formula is C7H9Br. The summed E-state index contributed by atoms with van der Waals surface area (Å²) in [5.41, 5.74) is 0. The lowest BCUT2D eigenvalue weighted by atomic mass is 10.0. The Morgan fingerprint density at radius 3 is 2.88 bits per heavy atom. The largest absolute Gasteiger partial charge is 0.0813 e. The molecule has 0 unspecified atom stereocenters. The van der Waals surface area contributed by atoms with Crippen molar-refractivity contribution in [2.75, 3.05) is 0 Å². The van der Waals surface area contributed by atoms with Crippen LogP contribution in [0.3, 0.4) is 0 Å². The van der Waals surface area contributed by atoms with Crippen LogP contribution in [-0.4, -0.2) is 0 Å². The van der Waals surface area contributed by atoms with E-state index in [1.54, 1.807) is 0 Å². The molecule has 1 atom stereocenters. The summed E-state index contributed by atoms with van der Waals surface area (Å²) in [6.07, 6.45) is 7.57. The highest BCUT2D eigenvalue weighted by molar-refractivity contribution is 9.11. The van der Waals surface area contributed by atoms with Crippen molar-refractivity contribution in [3.63, 3.8) is 0 Å². The molecule has 0 amide bonds. The highest BCUT2D eigenvalue weighted by Gasteiger charge is 2.01. The van der Waals surface area contributed by atoms with Gasteiger partial charge in [0.15, 0.2) is 0 Å². The Morgan fingerprint density at radius 1 is 1.75 bits per heavy atom. The van der Waals surface area contributed by atoms with Gasteiger partial charge in [-0.3, -0.25) is 0 Å². The molecule has 0 aromatic carbocycles. The van der Waals surface area contributed by atoms with Gasteiger partial charge < -0.3 is 0 Å². The summed E-state index contributed by atoms with van der Waals surface area (Å²) < 4.78 is 1.31. The van der Waals surface area contributed by atoms with Crippen LogP contribution in [0.15, 0.2) is 22.7 Å². The molecule has 0 heterocycles. The molecule has 0 fully saturated rings. The molecule has 0 aromatic heterocycles. The van der Waals surface area contributed by atoms with Crippen LogP contribution in [0.2, 0.25) is 0 Å². The van der Waals surface area contributed by atoms with Gasteiger partial charge in [0.25, 0.3) is 0 Å². The van der Waals surface area contributed by atoms with E-state index >= 15 is 0 Å². The molecule has 0 spiro atoms. The van der Waals surface area contributed by atoms with Gasteiger partial charge in [0.2, 0.25) is 0 Å². The zero-order chi connectivity index (χ0) is 5.98. The van der Waals surface area contributed by atoms with Crippen molar-refractivity contribution in [1.82, 2.24) is 0 Å². The standard InChI is InChI=1S/C7H9Br/c1-6-3-2-4-7(8)5-6/h2-4,6H,5H2,1H3/t6-/m1/s1. The smallest absolute Gasteiger partial charge is 0.00437 e. The summed E-state index contributed by atoms with van der Waals surface area (Å²) >= 11 is 3.44. The summed E-state index contributed by atoms with van der Waals surface area (Å²) in [6.45, 7) is 2.21. The maximum absolute atomic E-state index is 3.44. The Balaban J connectivity index is 2.59. The molecule has 1 aliphatic rings. The van der Waals surface area contributed by atoms with Crippen molar-refractivity contribution in [2.45, 2.75) is 13.3 Å². The first-order valence-electron chi connectivity index (χ1n) is 2.82. The van der Waals surface area contributed by atoms with Crippen molar-refractivity contribution < 1.29 is 0 Å². The minimum atomic E-state index is 0.717. The zero-order valence-electron chi connectivity index (χ0n) is 4.89. The van der Waals surface area contributed by atoms with E-state index in [9.17, 15) is 0 Å². The van der Waals surface area contributed by atoms with Gasteiger partial charge in [0.05, 0.1) is 0 Å². The molecule has 1 heteroatoms. The molecule has 1 rings (SSSR count). The van der Waals surface area contributed by atoms with Gasteiger partial charge in [-0.2, -0.15) is 0 Å². The predicted octanol–water partition coefficient (Wildman–Crippen LogP) is 2.86. The summed E-state index contributed by atoms with van der Waals surface area (Å²) in [5, 5.41) is 0. The van der Waals surface area contributed by atoms with E-state index in [0.717, 1.165) is 12.3 Å².